The molecule has 3 amide bonds. The minimum absolute atomic E-state index is 0.0147. The van der Waals surface area contributed by atoms with Crippen LogP contribution in [-0.2, 0) is 14.4 Å². The van der Waals surface area contributed by atoms with E-state index in [0.717, 1.165) is 22.4 Å². The number of fused-ring (bicyclic) bond motifs is 3. The highest BCUT2D eigenvalue weighted by atomic mass is 16.3. The van der Waals surface area contributed by atoms with Gasteiger partial charge in [0.1, 0.15) is 12.1 Å². The first-order valence-electron chi connectivity index (χ1n) is 10.4. The summed E-state index contributed by atoms with van der Waals surface area (Å²) < 4.78 is 0. The van der Waals surface area contributed by atoms with Gasteiger partial charge in [0, 0.05) is 25.1 Å². The standard InChI is InChI=1S/C24H29N3O4/c1-14(2)22(29)23(30)25-15(3)13-20(28)26-21-18-11-6-5-9-16(18)17-10-7-8-12-19(17)27(4)24(21)31/h5-12,14-15,21-22,29H,13H2,1-4H3,(H,25,30)(H,26,28)/t15?,21-,22-/m0/s1. The SMILES string of the molecule is CC(CC(=O)N[C@@H]1C(=O)N(C)c2ccccc2-c2ccccc21)NC(=O)[C@@H](O)C(C)C. The van der Waals surface area contributed by atoms with Crippen molar-refractivity contribution in [3.05, 3.63) is 54.1 Å². The first-order chi connectivity index (χ1) is 14.7. The number of carbonyl (C=O) groups excluding carboxylic acids is 3. The summed E-state index contributed by atoms with van der Waals surface area (Å²) in [4.78, 5) is 39.6. The number of aliphatic hydroxyl groups is 1. The minimum atomic E-state index is -1.13. The molecule has 1 aliphatic rings. The number of hydrogen-bond donors (Lipinski definition) is 3. The Bertz CT molecular complexity index is 988. The van der Waals surface area contributed by atoms with Crippen LogP contribution in [0.3, 0.4) is 0 Å². The molecule has 0 saturated carbocycles. The molecule has 3 rings (SSSR count). The number of nitrogens with zero attached hydrogens (tertiary/aromatic N) is 1. The van der Waals surface area contributed by atoms with Crippen LogP contribution in [-0.4, -0.2) is 42.0 Å². The summed E-state index contributed by atoms with van der Waals surface area (Å²) in [5, 5.41) is 15.4. The summed E-state index contributed by atoms with van der Waals surface area (Å²) in [6, 6.07) is 13.8. The number of carbonyl (C=O) groups is 3. The third-order valence-corrected chi connectivity index (χ3v) is 5.49. The van der Waals surface area contributed by atoms with Gasteiger partial charge in [-0.2, -0.15) is 0 Å². The Morgan fingerprint density at radius 2 is 1.65 bits per heavy atom. The molecule has 1 heterocycles. The first-order valence-corrected chi connectivity index (χ1v) is 10.4. The van der Waals surface area contributed by atoms with Crippen molar-refractivity contribution in [1.29, 1.82) is 0 Å². The topological polar surface area (TPSA) is 98.7 Å². The van der Waals surface area contributed by atoms with Gasteiger partial charge in [-0.3, -0.25) is 14.4 Å². The maximum atomic E-state index is 13.2. The highest BCUT2D eigenvalue weighted by Gasteiger charge is 2.33. The van der Waals surface area contributed by atoms with Gasteiger partial charge in [-0.15, -0.1) is 0 Å². The van der Waals surface area contributed by atoms with E-state index in [4.69, 9.17) is 0 Å². The van der Waals surface area contributed by atoms with Crippen LogP contribution < -0.4 is 15.5 Å². The van der Waals surface area contributed by atoms with E-state index in [0.29, 0.717) is 0 Å². The normalized spacial score (nSPS) is 17.3. The molecule has 2 aromatic rings. The third kappa shape index (κ3) is 4.77. The maximum absolute atomic E-state index is 13.2. The van der Waals surface area contributed by atoms with E-state index < -0.39 is 24.1 Å². The van der Waals surface area contributed by atoms with E-state index in [2.05, 4.69) is 10.6 Å². The lowest BCUT2D eigenvalue weighted by atomic mass is 9.95. The molecule has 7 nitrogen and oxygen atoms in total. The summed E-state index contributed by atoms with van der Waals surface area (Å²) >= 11 is 0. The lowest BCUT2D eigenvalue weighted by Gasteiger charge is -2.24. The Kier molecular flexibility index (Phi) is 6.75. The quantitative estimate of drug-likeness (QED) is 0.664. The van der Waals surface area contributed by atoms with Crippen LogP contribution in [0.2, 0.25) is 0 Å². The zero-order chi connectivity index (χ0) is 22.7. The second kappa shape index (κ2) is 9.31. The van der Waals surface area contributed by atoms with Crippen molar-refractivity contribution in [3.63, 3.8) is 0 Å². The van der Waals surface area contributed by atoms with Crippen molar-refractivity contribution in [1.82, 2.24) is 10.6 Å². The average Bonchev–Trinajstić information content (AvgIpc) is 2.83. The molecule has 0 radical (unpaired) electrons. The summed E-state index contributed by atoms with van der Waals surface area (Å²) in [6.45, 7) is 5.17. The molecule has 3 N–H and O–H groups in total. The number of aliphatic hydroxyl groups excluding tert-OH is 1. The van der Waals surface area contributed by atoms with Gasteiger partial charge in [0.05, 0.1) is 5.69 Å². The molecule has 164 valence electrons. The number of para-hydroxylation sites is 1. The second-order valence-electron chi connectivity index (χ2n) is 8.30. The predicted octanol–water partition coefficient (Wildman–Crippen LogP) is 2.40. The molecule has 0 aromatic heterocycles. The predicted molar refractivity (Wildman–Crippen MR) is 119 cm³/mol. The van der Waals surface area contributed by atoms with E-state index in [1.807, 2.05) is 48.5 Å². The maximum Gasteiger partial charge on any atom is 0.253 e. The molecule has 0 fully saturated rings. The molecular weight excluding hydrogens is 394 g/mol. The average molecular weight is 424 g/mol. The summed E-state index contributed by atoms with van der Waals surface area (Å²) in [7, 11) is 1.70. The number of amides is 3. The number of nitrogens with one attached hydrogen (secondary N) is 2. The number of rotatable bonds is 6. The van der Waals surface area contributed by atoms with E-state index >= 15 is 0 Å². The number of benzene rings is 2. The summed E-state index contributed by atoms with van der Waals surface area (Å²) in [6.07, 6.45) is -1.15. The van der Waals surface area contributed by atoms with Crippen LogP contribution in [0.5, 0.6) is 0 Å². The summed E-state index contributed by atoms with van der Waals surface area (Å²) in [5.74, 6) is -1.34. The molecule has 2 aromatic carbocycles. The van der Waals surface area contributed by atoms with Gasteiger partial charge in [0.15, 0.2) is 0 Å². The van der Waals surface area contributed by atoms with Crippen molar-refractivity contribution in [2.75, 3.05) is 11.9 Å². The van der Waals surface area contributed by atoms with Gasteiger partial charge in [-0.1, -0.05) is 56.3 Å². The van der Waals surface area contributed by atoms with Gasteiger partial charge in [0.2, 0.25) is 11.8 Å². The zero-order valence-electron chi connectivity index (χ0n) is 18.3. The lowest BCUT2D eigenvalue weighted by molar-refractivity contribution is -0.132. The highest BCUT2D eigenvalue weighted by Crippen LogP contribution is 2.39. The van der Waals surface area contributed by atoms with Gasteiger partial charge in [0.25, 0.3) is 5.91 Å². The van der Waals surface area contributed by atoms with Crippen molar-refractivity contribution in [3.8, 4) is 11.1 Å². The van der Waals surface area contributed by atoms with Gasteiger partial charge < -0.3 is 20.6 Å². The number of likely N-dealkylation sites (N-methyl/N-ethyl adjacent to an activating group) is 1. The van der Waals surface area contributed by atoms with Crippen LogP contribution in [0.4, 0.5) is 5.69 Å². The molecule has 1 unspecified atom stereocenters. The summed E-state index contributed by atoms with van der Waals surface area (Å²) in [5.41, 5.74) is 3.32. The van der Waals surface area contributed by atoms with Crippen molar-refractivity contribution < 1.29 is 19.5 Å². The van der Waals surface area contributed by atoms with Crippen molar-refractivity contribution in [2.45, 2.75) is 45.4 Å². The van der Waals surface area contributed by atoms with Crippen molar-refractivity contribution in [2.24, 2.45) is 5.92 Å². The third-order valence-electron chi connectivity index (χ3n) is 5.49. The van der Waals surface area contributed by atoms with Crippen LogP contribution in [0, 0.1) is 5.92 Å². The molecule has 0 spiro atoms. The van der Waals surface area contributed by atoms with Gasteiger partial charge in [-0.25, -0.2) is 0 Å². The smallest absolute Gasteiger partial charge is 0.253 e. The van der Waals surface area contributed by atoms with Crippen LogP contribution in [0.1, 0.15) is 38.8 Å². The van der Waals surface area contributed by atoms with Crippen LogP contribution in [0.15, 0.2) is 48.5 Å². The fourth-order valence-corrected chi connectivity index (χ4v) is 3.75. The molecule has 1 aliphatic heterocycles. The van der Waals surface area contributed by atoms with E-state index in [1.165, 1.54) is 0 Å². The molecule has 0 bridgehead atoms. The molecule has 0 saturated heterocycles. The van der Waals surface area contributed by atoms with Gasteiger partial charge in [-0.05, 0) is 30.0 Å². The Balaban J connectivity index is 1.79. The monoisotopic (exact) mass is 423 g/mol. The van der Waals surface area contributed by atoms with E-state index in [-0.39, 0.29) is 24.2 Å². The van der Waals surface area contributed by atoms with E-state index in [9.17, 15) is 19.5 Å². The molecule has 0 aliphatic carbocycles. The van der Waals surface area contributed by atoms with E-state index in [1.54, 1.807) is 32.7 Å². The Hall–Kier alpha value is -3.19. The highest BCUT2D eigenvalue weighted by molar-refractivity contribution is 6.06. The zero-order valence-corrected chi connectivity index (χ0v) is 18.3. The molecule has 3 atom stereocenters. The first kappa shape index (κ1) is 22.5. The minimum Gasteiger partial charge on any atom is -0.383 e. The molecule has 7 heteroatoms. The van der Waals surface area contributed by atoms with Crippen molar-refractivity contribution >= 4 is 23.4 Å². The fourth-order valence-electron chi connectivity index (χ4n) is 3.75. The number of hydrogen-bond acceptors (Lipinski definition) is 4. The lowest BCUT2D eigenvalue weighted by Crippen LogP contribution is -2.45. The molecular formula is C24H29N3O4. The Labute approximate surface area is 182 Å². The Morgan fingerprint density at radius 1 is 1.03 bits per heavy atom. The number of anilines is 1. The second-order valence-corrected chi connectivity index (χ2v) is 8.30. The Morgan fingerprint density at radius 3 is 2.32 bits per heavy atom. The largest absolute Gasteiger partial charge is 0.383 e. The van der Waals surface area contributed by atoms with Gasteiger partial charge >= 0.3 is 0 Å². The van der Waals surface area contributed by atoms with Crippen LogP contribution in [0.25, 0.3) is 11.1 Å². The fraction of sp³-hybridized carbons (Fsp3) is 0.375. The van der Waals surface area contributed by atoms with Crippen LogP contribution >= 0.6 is 0 Å². The molecule has 31 heavy (non-hydrogen) atoms.